The van der Waals surface area contributed by atoms with E-state index in [1.165, 1.54) is 24.3 Å². The number of hydrogen-bond donors (Lipinski definition) is 1. The number of Topliss-reactive ketones (excluding diaryl/α,β-unsaturated/α-hetero) is 1. The molecule has 0 unspecified atom stereocenters. The lowest BCUT2D eigenvalue weighted by Gasteiger charge is -2.17. The summed E-state index contributed by atoms with van der Waals surface area (Å²) in [5.74, 6) is -2.14. The molecule has 2 aromatic carbocycles. The summed E-state index contributed by atoms with van der Waals surface area (Å²) < 4.78 is 13.9. The third-order valence-corrected chi connectivity index (χ3v) is 3.26. The molecule has 100 valence electrons. The molecule has 0 aromatic heterocycles. The highest BCUT2D eigenvalue weighted by Gasteiger charge is 2.38. The second-order valence-electron chi connectivity index (χ2n) is 4.49. The van der Waals surface area contributed by atoms with E-state index in [0.717, 1.165) is 4.90 Å². The lowest BCUT2D eigenvalue weighted by Crippen LogP contribution is -2.29. The van der Waals surface area contributed by atoms with Crippen molar-refractivity contribution < 1.29 is 19.1 Å². The van der Waals surface area contributed by atoms with Crippen LogP contribution in [0.2, 0.25) is 0 Å². The number of phenols is 1. The van der Waals surface area contributed by atoms with Gasteiger partial charge in [0.1, 0.15) is 11.6 Å². The number of carbonyl (C=O) groups excluding carboxylic acids is 2. The van der Waals surface area contributed by atoms with Crippen LogP contribution in [0.4, 0.5) is 10.1 Å². The molecular formula is C15H10FNO3. The zero-order valence-electron chi connectivity index (χ0n) is 10.3. The number of halogens is 1. The molecule has 1 N–H and O–H groups in total. The zero-order chi connectivity index (χ0) is 14.3. The Kier molecular flexibility index (Phi) is 2.75. The Morgan fingerprint density at radius 3 is 2.55 bits per heavy atom. The molecule has 4 nitrogen and oxygen atoms in total. The van der Waals surface area contributed by atoms with E-state index >= 15 is 0 Å². The number of benzene rings is 2. The number of hydrogen-bond acceptors (Lipinski definition) is 3. The second-order valence-corrected chi connectivity index (χ2v) is 4.49. The third kappa shape index (κ3) is 1.75. The summed E-state index contributed by atoms with van der Waals surface area (Å²) in [6, 6.07) is 10.4. The number of ketones is 1. The Morgan fingerprint density at radius 1 is 1.05 bits per heavy atom. The van der Waals surface area contributed by atoms with Crippen LogP contribution < -0.4 is 4.90 Å². The van der Waals surface area contributed by atoms with E-state index in [2.05, 4.69) is 0 Å². The summed E-state index contributed by atoms with van der Waals surface area (Å²) in [5, 5.41) is 9.72. The van der Waals surface area contributed by atoms with Crippen molar-refractivity contribution in [2.75, 3.05) is 4.90 Å². The largest absolute Gasteiger partial charge is 0.508 e. The predicted octanol–water partition coefficient (Wildman–Crippen LogP) is 2.26. The van der Waals surface area contributed by atoms with Gasteiger partial charge in [-0.1, -0.05) is 24.3 Å². The minimum atomic E-state index is -0.784. The van der Waals surface area contributed by atoms with Crippen LogP contribution in [0, 0.1) is 5.82 Å². The van der Waals surface area contributed by atoms with E-state index in [0.29, 0.717) is 5.56 Å². The van der Waals surface area contributed by atoms with E-state index in [4.69, 9.17) is 0 Å². The molecule has 0 saturated heterocycles. The van der Waals surface area contributed by atoms with Crippen molar-refractivity contribution in [1.82, 2.24) is 0 Å². The first-order chi connectivity index (χ1) is 9.59. The average Bonchev–Trinajstić information content (AvgIpc) is 2.68. The Morgan fingerprint density at radius 2 is 1.80 bits per heavy atom. The van der Waals surface area contributed by atoms with Crippen molar-refractivity contribution in [3.8, 4) is 5.75 Å². The highest BCUT2D eigenvalue weighted by molar-refractivity contribution is 6.52. The standard InChI is InChI=1S/C15H10FNO3/c16-11-6-3-5-10-13(11)17(15(20)14(10)19)8-9-4-1-2-7-12(9)18/h1-7,18H,8H2. The minimum absolute atomic E-state index is 0.00228. The summed E-state index contributed by atoms with van der Waals surface area (Å²) in [7, 11) is 0. The van der Waals surface area contributed by atoms with Gasteiger partial charge in [0.15, 0.2) is 0 Å². The van der Waals surface area contributed by atoms with Crippen LogP contribution >= 0.6 is 0 Å². The van der Waals surface area contributed by atoms with Crippen LogP contribution in [0.15, 0.2) is 42.5 Å². The van der Waals surface area contributed by atoms with Gasteiger partial charge in [-0.15, -0.1) is 0 Å². The first-order valence-electron chi connectivity index (χ1n) is 6.01. The topological polar surface area (TPSA) is 57.6 Å². The summed E-state index contributed by atoms with van der Waals surface area (Å²) >= 11 is 0. The van der Waals surface area contributed by atoms with Gasteiger partial charge in [-0.25, -0.2) is 4.39 Å². The first kappa shape index (κ1) is 12.3. The highest BCUT2D eigenvalue weighted by atomic mass is 19.1. The van der Waals surface area contributed by atoms with Crippen LogP contribution in [0.5, 0.6) is 5.75 Å². The summed E-state index contributed by atoms with van der Waals surface area (Å²) in [5.41, 5.74) is 0.487. The number of fused-ring (bicyclic) bond motifs is 1. The molecule has 0 atom stereocenters. The van der Waals surface area contributed by atoms with Crippen LogP contribution in [0.25, 0.3) is 0 Å². The van der Waals surface area contributed by atoms with Gasteiger partial charge in [0.05, 0.1) is 17.8 Å². The molecule has 0 fully saturated rings. The van der Waals surface area contributed by atoms with Crippen molar-refractivity contribution >= 4 is 17.4 Å². The molecule has 2 aromatic rings. The van der Waals surface area contributed by atoms with Crippen molar-refractivity contribution in [3.63, 3.8) is 0 Å². The average molecular weight is 271 g/mol. The van der Waals surface area contributed by atoms with Gasteiger partial charge in [0, 0.05) is 5.56 Å². The van der Waals surface area contributed by atoms with Gasteiger partial charge >= 0.3 is 0 Å². The fourth-order valence-electron chi connectivity index (χ4n) is 2.28. The SMILES string of the molecule is O=C1C(=O)N(Cc2ccccc2O)c2c(F)cccc21. The number of phenolic OH excluding ortho intramolecular Hbond substituents is 1. The molecule has 20 heavy (non-hydrogen) atoms. The number of amides is 1. The van der Waals surface area contributed by atoms with E-state index in [1.807, 2.05) is 0 Å². The van der Waals surface area contributed by atoms with E-state index in [9.17, 15) is 19.1 Å². The zero-order valence-corrected chi connectivity index (χ0v) is 10.3. The van der Waals surface area contributed by atoms with E-state index in [-0.39, 0.29) is 23.5 Å². The molecular weight excluding hydrogens is 261 g/mol. The molecule has 0 aliphatic carbocycles. The molecule has 1 amide bonds. The molecule has 5 heteroatoms. The van der Waals surface area contributed by atoms with Gasteiger partial charge in [-0.3, -0.25) is 14.5 Å². The van der Waals surface area contributed by atoms with Crippen LogP contribution in [0.3, 0.4) is 0 Å². The third-order valence-electron chi connectivity index (χ3n) is 3.26. The molecule has 0 bridgehead atoms. The lowest BCUT2D eigenvalue weighted by molar-refractivity contribution is -0.114. The van der Waals surface area contributed by atoms with Gasteiger partial charge in [0.2, 0.25) is 0 Å². The lowest BCUT2D eigenvalue weighted by atomic mass is 10.1. The van der Waals surface area contributed by atoms with Crippen molar-refractivity contribution in [3.05, 3.63) is 59.4 Å². The molecule has 1 aliphatic rings. The molecule has 0 saturated carbocycles. The van der Waals surface area contributed by atoms with Crippen LogP contribution in [-0.2, 0) is 11.3 Å². The normalized spacial score (nSPS) is 13.8. The minimum Gasteiger partial charge on any atom is -0.508 e. The Labute approximate surface area is 114 Å². The summed E-state index contributed by atoms with van der Waals surface area (Å²) in [6.45, 7) is -0.0504. The predicted molar refractivity (Wildman–Crippen MR) is 70.0 cm³/mol. The Hall–Kier alpha value is -2.69. The van der Waals surface area contributed by atoms with E-state index in [1.54, 1.807) is 18.2 Å². The Balaban J connectivity index is 2.06. The quantitative estimate of drug-likeness (QED) is 0.852. The number of nitrogens with zero attached hydrogens (tertiary/aromatic N) is 1. The smallest absolute Gasteiger partial charge is 0.299 e. The number of para-hydroxylation sites is 2. The van der Waals surface area contributed by atoms with Crippen molar-refractivity contribution in [1.29, 1.82) is 0 Å². The number of aromatic hydroxyl groups is 1. The maximum atomic E-state index is 13.9. The molecule has 0 radical (unpaired) electrons. The first-order valence-corrected chi connectivity index (χ1v) is 6.01. The molecule has 1 heterocycles. The number of rotatable bonds is 2. The number of anilines is 1. The maximum Gasteiger partial charge on any atom is 0.299 e. The van der Waals surface area contributed by atoms with Gasteiger partial charge in [-0.05, 0) is 18.2 Å². The van der Waals surface area contributed by atoms with Gasteiger partial charge in [-0.2, -0.15) is 0 Å². The van der Waals surface area contributed by atoms with Crippen LogP contribution in [0.1, 0.15) is 15.9 Å². The summed E-state index contributed by atoms with van der Waals surface area (Å²) in [6.07, 6.45) is 0. The van der Waals surface area contributed by atoms with E-state index < -0.39 is 17.5 Å². The van der Waals surface area contributed by atoms with Gasteiger partial charge < -0.3 is 5.11 Å². The Bertz CT molecular complexity index is 727. The van der Waals surface area contributed by atoms with Crippen molar-refractivity contribution in [2.24, 2.45) is 0 Å². The van der Waals surface area contributed by atoms with Crippen molar-refractivity contribution in [2.45, 2.75) is 6.54 Å². The molecule has 0 spiro atoms. The number of carbonyl (C=O) groups is 2. The van der Waals surface area contributed by atoms with Crippen LogP contribution in [-0.4, -0.2) is 16.8 Å². The second kappa shape index (κ2) is 4.45. The maximum absolute atomic E-state index is 13.9. The monoisotopic (exact) mass is 271 g/mol. The fourth-order valence-corrected chi connectivity index (χ4v) is 2.28. The summed E-state index contributed by atoms with van der Waals surface area (Å²) in [4.78, 5) is 24.8. The molecule has 3 rings (SSSR count). The fraction of sp³-hybridized carbons (Fsp3) is 0.0667. The highest BCUT2D eigenvalue weighted by Crippen LogP contribution is 2.33. The van der Waals surface area contributed by atoms with Gasteiger partial charge in [0.25, 0.3) is 11.7 Å². The molecule has 1 aliphatic heterocycles.